The van der Waals surface area contributed by atoms with Crippen molar-refractivity contribution in [2.24, 2.45) is 5.73 Å². The molecule has 184 valence electrons. The van der Waals surface area contributed by atoms with Crippen LogP contribution in [0, 0.1) is 12.3 Å². The number of aryl methyl sites for hydroxylation is 1. The molecule has 4 rings (SSSR count). The number of nitrogen functional groups attached to an aromatic ring is 1. The van der Waals surface area contributed by atoms with Crippen molar-refractivity contribution in [3.8, 4) is 11.5 Å². The molecule has 2 aromatic heterocycles. The van der Waals surface area contributed by atoms with Crippen molar-refractivity contribution in [1.29, 1.82) is 5.41 Å². The van der Waals surface area contributed by atoms with Crippen LogP contribution < -0.4 is 25.8 Å². The predicted octanol–water partition coefficient (Wildman–Crippen LogP) is 3.71. The highest BCUT2D eigenvalue weighted by molar-refractivity contribution is 6.36. The van der Waals surface area contributed by atoms with Crippen molar-refractivity contribution in [2.45, 2.75) is 25.7 Å². The number of hydrogen-bond donors (Lipinski definition) is 4. The van der Waals surface area contributed by atoms with Gasteiger partial charge in [0.15, 0.2) is 17.7 Å². The fourth-order valence-electron chi connectivity index (χ4n) is 3.91. The fourth-order valence-corrected chi connectivity index (χ4v) is 4.46. The summed E-state index contributed by atoms with van der Waals surface area (Å²) in [6, 6.07) is 6.78. The normalized spacial score (nSPS) is 16.3. The second kappa shape index (κ2) is 10.2. The summed E-state index contributed by atoms with van der Waals surface area (Å²) in [7, 11) is 1.48. The van der Waals surface area contributed by atoms with Crippen molar-refractivity contribution in [2.75, 3.05) is 30.8 Å². The smallest absolute Gasteiger partial charge is 0.177 e. The Labute approximate surface area is 213 Å². The van der Waals surface area contributed by atoms with Gasteiger partial charge in [0.05, 0.1) is 34.7 Å². The van der Waals surface area contributed by atoms with Crippen LogP contribution in [0.4, 0.5) is 11.5 Å². The highest BCUT2D eigenvalue weighted by Gasteiger charge is 2.23. The van der Waals surface area contributed by atoms with E-state index < -0.39 is 6.23 Å². The quantitative estimate of drug-likeness (QED) is 0.211. The van der Waals surface area contributed by atoms with E-state index in [0.717, 1.165) is 12.4 Å². The molecule has 1 fully saturated rings. The van der Waals surface area contributed by atoms with Crippen molar-refractivity contribution in [3.05, 3.63) is 69.1 Å². The summed E-state index contributed by atoms with van der Waals surface area (Å²) in [5.74, 6) is 1.36. The molecule has 1 aromatic carbocycles. The first-order chi connectivity index (χ1) is 16.7. The van der Waals surface area contributed by atoms with Crippen molar-refractivity contribution < 1.29 is 14.6 Å². The van der Waals surface area contributed by atoms with E-state index in [1.807, 2.05) is 11.0 Å². The maximum absolute atomic E-state index is 9.76. The number of methoxy groups -OCH3 is 1. The van der Waals surface area contributed by atoms with Gasteiger partial charge in [-0.15, -0.1) is 0 Å². The van der Waals surface area contributed by atoms with E-state index >= 15 is 0 Å². The third-order valence-electron chi connectivity index (χ3n) is 5.85. The number of rotatable bonds is 7. The molecule has 35 heavy (non-hydrogen) atoms. The Morgan fingerprint density at radius 2 is 2.00 bits per heavy atom. The largest absolute Gasteiger partial charge is 0.493 e. The number of ether oxygens (including phenoxy) is 2. The van der Waals surface area contributed by atoms with Crippen LogP contribution in [0.15, 0.2) is 36.7 Å². The zero-order chi connectivity index (χ0) is 25.3. The number of nitrogens with one attached hydrogen (secondary N) is 1. The van der Waals surface area contributed by atoms with Gasteiger partial charge in [0.1, 0.15) is 5.82 Å². The number of aliphatic hydroxyl groups excluding tert-OH is 1. The number of aromatic nitrogens is 2. The van der Waals surface area contributed by atoms with Gasteiger partial charge in [-0.2, -0.15) is 0 Å². The topological polar surface area (TPSA) is 144 Å². The number of halogens is 2. The molecule has 3 heterocycles. The summed E-state index contributed by atoms with van der Waals surface area (Å²) in [5.41, 5.74) is 15.0. The van der Waals surface area contributed by atoms with E-state index in [1.165, 1.54) is 13.3 Å². The molecular formula is C24H26Cl2N6O3. The summed E-state index contributed by atoms with van der Waals surface area (Å²) < 4.78 is 11.4. The van der Waals surface area contributed by atoms with Gasteiger partial charge in [0.2, 0.25) is 0 Å². The number of aliphatic hydroxyl groups is 1. The zero-order valence-electron chi connectivity index (χ0n) is 19.3. The monoisotopic (exact) mass is 516 g/mol. The molecular weight excluding hydrogens is 491 g/mol. The average molecular weight is 517 g/mol. The van der Waals surface area contributed by atoms with Crippen LogP contribution in [0.1, 0.15) is 35.0 Å². The number of pyridine rings is 2. The van der Waals surface area contributed by atoms with E-state index in [2.05, 4.69) is 9.97 Å². The third kappa shape index (κ3) is 5.13. The molecule has 11 heteroatoms. The molecule has 6 N–H and O–H groups in total. The molecule has 1 aliphatic heterocycles. The number of nitrogens with two attached hydrogens (primary N) is 2. The Morgan fingerprint density at radius 3 is 2.63 bits per heavy atom. The summed E-state index contributed by atoms with van der Waals surface area (Å²) in [6.07, 6.45) is 2.41. The van der Waals surface area contributed by atoms with Crippen molar-refractivity contribution in [3.63, 3.8) is 0 Å². The summed E-state index contributed by atoms with van der Waals surface area (Å²) in [6.45, 7) is 3.02. The van der Waals surface area contributed by atoms with E-state index in [-0.39, 0.29) is 22.6 Å². The van der Waals surface area contributed by atoms with E-state index in [9.17, 15) is 5.11 Å². The van der Waals surface area contributed by atoms with Gasteiger partial charge in [-0.3, -0.25) is 16.1 Å². The molecule has 0 saturated carbocycles. The van der Waals surface area contributed by atoms with E-state index in [0.29, 0.717) is 51.8 Å². The van der Waals surface area contributed by atoms with Gasteiger partial charge >= 0.3 is 0 Å². The molecule has 3 aromatic rings. The number of anilines is 2. The van der Waals surface area contributed by atoms with Gasteiger partial charge in [-0.1, -0.05) is 23.2 Å². The minimum absolute atomic E-state index is 0.153. The molecule has 0 spiro atoms. The van der Waals surface area contributed by atoms with Crippen LogP contribution >= 0.6 is 23.2 Å². The third-order valence-corrected chi connectivity index (χ3v) is 6.63. The average Bonchev–Trinajstić information content (AvgIpc) is 3.28. The van der Waals surface area contributed by atoms with Crippen molar-refractivity contribution in [1.82, 2.24) is 9.97 Å². The zero-order valence-corrected chi connectivity index (χ0v) is 20.8. The Balaban J connectivity index is 1.62. The second-order valence-electron chi connectivity index (χ2n) is 8.22. The maximum atomic E-state index is 9.76. The lowest BCUT2D eigenvalue weighted by atomic mass is 10.0. The summed E-state index contributed by atoms with van der Waals surface area (Å²) in [5, 5.41) is 19.1. The summed E-state index contributed by atoms with van der Waals surface area (Å²) >= 11 is 12.6. The Kier molecular flexibility index (Phi) is 7.32. The van der Waals surface area contributed by atoms with Crippen LogP contribution in [0.25, 0.3) is 0 Å². The van der Waals surface area contributed by atoms with Gasteiger partial charge < -0.3 is 25.2 Å². The van der Waals surface area contributed by atoms with Gasteiger partial charge in [0, 0.05) is 53.9 Å². The van der Waals surface area contributed by atoms with Gasteiger partial charge in [0.25, 0.3) is 0 Å². The lowest BCUT2D eigenvalue weighted by Crippen LogP contribution is -2.22. The first-order valence-electron chi connectivity index (χ1n) is 10.9. The highest BCUT2D eigenvalue weighted by atomic mass is 35.5. The molecule has 1 saturated heterocycles. The number of benzene rings is 1. The minimum atomic E-state index is -1.02. The van der Waals surface area contributed by atoms with Crippen LogP contribution in [0.5, 0.6) is 11.5 Å². The number of hydrogen-bond acceptors (Lipinski definition) is 9. The van der Waals surface area contributed by atoms with Gasteiger partial charge in [-0.25, -0.2) is 4.98 Å². The highest BCUT2D eigenvalue weighted by Crippen LogP contribution is 2.38. The van der Waals surface area contributed by atoms with E-state index in [4.69, 9.17) is 49.6 Å². The Hall–Kier alpha value is -3.11. The second-order valence-corrected chi connectivity index (χ2v) is 9.00. The maximum Gasteiger partial charge on any atom is 0.177 e. The lowest BCUT2D eigenvalue weighted by molar-refractivity contribution is 0.198. The molecule has 9 nitrogen and oxygen atoms in total. The molecule has 0 unspecified atom stereocenters. The molecule has 0 amide bonds. The van der Waals surface area contributed by atoms with Crippen molar-refractivity contribution >= 4 is 40.4 Å². The minimum Gasteiger partial charge on any atom is -0.493 e. The molecule has 0 aliphatic carbocycles. The molecule has 0 bridgehead atoms. The molecule has 1 aliphatic rings. The van der Waals surface area contributed by atoms with Crippen LogP contribution in [0.2, 0.25) is 10.0 Å². The Bertz CT molecular complexity index is 1250. The van der Waals surface area contributed by atoms with Gasteiger partial charge in [-0.05, 0) is 31.5 Å². The van der Waals surface area contributed by atoms with Crippen LogP contribution in [0.3, 0.4) is 0 Å². The van der Waals surface area contributed by atoms with Crippen LogP contribution in [-0.2, 0) is 0 Å². The fraction of sp³-hybridized carbons (Fsp3) is 0.292. The number of β-amino-alcohol motifs (C(OH)–C–C–N with tert-alkyl or cyclic N) is 1. The number of nitrogens with zero attached hydrogens (tertiary/aromatic N) is 3. The predicted molar refractivity (Wildman–Crippen MR) is 137 cm³/mol. The molecule has 0 radical (unpaired) electrons. The lowest BCUT2D eigenvalue weighted by Gasteiger charge is -2.21. The summed E-state index contributed by atoms with van der Waals surface area (Å²) in [4.78, 5) is 10.6. The van der Waals surface area contributed by atoms with E-state index in [1.54, 1.807) is 31.3 Å². The standard InChI is InChI=1S/C24H26Cl2N6O3/c1-12-22(26)21(16(25)10-30-12)24(29)35-19-7-15(17(27)8-18(19)34-2)23(28)13-3-4-20(31-9-13)32-6-5-14(33)11-32/h3-4,7-10,14,24,28,33H,5-6,11,27,29H2,1-2H3/t14-,24-/m0/s1. The Morgan fingerprint density at radius 1 is 1.23 bits per heavy atom. The first-order valence-corrected chi connectivity index (χ1v) is 11.6. The van der Waals surface area contributed by atoms with Crippen LogP contribution in [-0.4, -0.2) is 47.1 Å². The SMILES string of the molecule is COc1cc(N)c(C(=N)c2ccc(N3CC[C@H](O)C3)nc2)cc1O[C@H](N)c1c(Cl)cnc(C)c1Cl. The first kappa shape index (κ1) is 25.0. The molecule has 2 atom stereocenters.